The van der Waals surface area contributed by atoms with Gasteiger partial charge in [0.1, 0.15) is 0 Å². The van der Waals surface area contributed by atoms with Crippen molar-refractivity contribution in [1.82, 2.24) is 0 Å². The van der Waals surface area contributed by atoms with Crippen molar-refractivity contribution in [2.45, 2.75) is 27.7 Å². The standard InChI is InChI=1S/C35H32ClN3O4S/c1-5-42-30-19-25(18-29(36)33(30)43-21-32(40)37-27-8-6-7-24(4)17-27)20-31-34(41)39(28-15-11-23(3)12-16-28)35(44-31)38-26-13-9-22(2)10-14-26/h6-20H,5,21H2,1-4H3,(H,37,40)/b31-20-,38-35?. The van der Waals surface area contributed by atoms with Crippen LogP contribution in [0.1, 0.15) is 29.2 Å². The fourth-order valence-corrected chi connectivity index (χ4v) is 5.76. The van der Waals surface area contributed by atoms with E-state index in [1.165, 1.54) is 11.8 Å². The first-order valence-corrected chi connectivity index (χ1v) is 15.3. The highest BCUT2D eigenvalue weighted by Gasteiger charge is 2.35. The van der Waals surface area contributed by atoms with E-state index in [1.54, 1.807) is 23.1 Å². The second-order valence-electron chi connectivity index (χ2n) is 10.3. The van der Waals surface area contributed by atoms with Crippen molar-refractivity contribution >= 4 is 63.5 Å². The molecular weight excluding hydrogens is 594 g/mol. The Morgan fingerprint density at radius 3 is 2.32 bits per heavy atom. The van der Waals surface area contributed by atoms with Gasteiger partial charge in [-0.25, -0.2) is 4.99 Å². The largest absolute Gasteiger partial charge is 0.490 e. The SMILES string of the molecule is CCOc1cc(/C=C2\SC(=Nc3ccc(C)cc3)N(c3ccc(C)cc3)C2=O)cc(Cl)c1OCC(=O)Nc1cccc(C)c1. The molecule has 0 aliphatic carbocycles. The van der Waals surface area contributed by atoms with E-state index in [9.17, 15) is 9.59 Å². The predicted molar refractivity (Wildman–Crippen MR) is 180 cm³/mol. The summed E-state index contributed by atoms with van der Waals surface area (Å²) in [5.41, 5.74) is 6.05. The number of hydrogen-bond acceptors (Lipinski definition) is 6. The van der Waals surface area contributed by atoms with Crippen molar-refractivity contribution < 1.29 is 19.1 Å². The van der Waals surface area contributed by atoms with Gasteiger partial charge in [0.2, 0.25) is 0 Å². The Morgan fingerprint density at radius 1 is 0.932 bits per heavy atom. The minimum absolute atomic E-state index is 0.202. The lowest BCUT2D eigenvalue weighted by molar-refractivity contribution is -0.118. The fourth-order valence-electron chi connectivity index (χ4n) is 4.48. The van der Waals surface area contributed by atoms with Gasteiger partial charge in [0.05, 0.1) is 27.9 Å². The minimum atomic E-state index is -0.329. The van der Waals surface area contributed by atoms with Crippen LogP contribution in [0.15, 0.2) is 94.8 Å². The van der Waals surface area contributed by atoms with Crippen LogP contribution >= 0.6 is 23.4 Å². The number of rotatable bonds is 9. The Kier molecular flexibility index (Phi) is 9.72. The Bertz CT molecular complexity index is 1750. The molecule has 1 aliphatic heterocycles. The van der Waals surface area contributed by atoms with Crippen LogP contribution in [-0.4, -0.2) is 30.2 Å². The van der Waals surface area contributed by atoms with E-state index in [0.717, 1.165) is 28.1 Å². The second kappa shape index (κ2) is 13.8. The molecular formula is C35H32ClN3O4S. The summed E-state index contributed by atoms with van der Waals surface area (Å²) in [6.45, 7) is 7.91. The van der Waals surface area contributed by atoms with Crippen LogP contribution in [0.2, 0.25) is 5.02 Å². The molecule has 5 rings (SSSR count). The maximum atomic E-state index is 13.8. The molecule has 0 bridgehead atoms. The van der Waals surface area contributed by atoms with Crippen molar-refractivity contribution in [3.05, 3.63) is 117 Å². The van der Waals surface area contributed by atoms with Crippen LogP contribution in [0.4, 0.5) is 17.1 Å². The normalized spacial score (nSPS) is 14.8. The van der Waals surface area contributed by atoms with Gasteiger partial charge < -0.3 is 14.8 Å². The lowest BCUT2D eigenvalue weighted by atomic mass is 10.1. The lowest BCUT2D eigenvalue weighted by Gasteiger charge is -2.16. The highest BCUT2D eigenvalue weighted by atomic mass is 35.5. The van der Waals surface area contributed by atoms with Crippen LogP contribution < -0.4 is 19.7 Å². The minimum Gasteiger partial charge on any atom is -0.490 e. The number of nitrogens with one attached hydrogen (secondary N) is 1. The number of carbonyl (C=O) groups excluding carboxylic acids is 2. The maximum Gasteiger partial charge on any atom is 0.271 e. The summed E-state index contributed by atoms with van der Waals surface area (Å²) in [5.74, 6) is 0.0924. The van der Waals surface area contributed by atoms with Gasteiger partial charge in [0.15, 0.2) is 23.3 Å². The average Bonchev–Trinajstić information content (AvgIpc) is 3.28. The molecule has 224 valence electrons. The van der Waals surface area contributed by atoms with Crippen molar-refractivity contribution in [1.29, 1.82) is 0 Å². The molecule has 7 nitrogen and oxygen atoms in total. The number of anilines is 2. The maximum absolute atomic E-state index is 13.8. The molecule has 0 atom stereocenters. The molecule has 4 aromatic carbocycles. The summed E-state index contributed by atoms with van der Waals surface area (Å²) >= 11 is 7.94. The van der Waals surface area contributed by atoms with Gasteiger partial charge in [-0.3, -0.25) is 14.5 Å². The Balaban J connectivity index is 1.42. The van der Waals surface area contributed by atoms with E-state index in [2.05, 4.69) is 5.32 Å². The van der Waals surface area contributed by atoms with Gasteiger partial charge in [0.25, 0.3) is 11.8 Å². The Morgan fingerprint density at radius 2 is 1.64 bits per heavy atom. The van der Waals surface area contributed by atoms with Crippen molar-refractivity contribution in [3.63, 3.8) is 0 Å². The van der Waals surface area contributed by atoms with E-state index in [1.807, 2.05) is 100 Å². The van der Waals surface area contributed by atoms with Gasteiger partial charge in [-0.15, -0.1) is 0 Å². The molecule has 0 spiro atoms. The molecule has 1 saturated heterocycles. The number of hydrogen-bond donors (Lipinski definition) is 1. The van der Waals surface area contributed by atoms with Crippen LogP contribution in [0.5, 0.6) is 11.5 Å². The highest BCUT2D eigenvalue weighted by Crippen LogP contribution is 2.41. The number of carbonyl (C=O) groups is 2. The fraction of sp³-hybridized carbons (Fsp3) is 0.171. The number of nitrogens with zero attached hydrogens (tertiary/aromatic N) is 2. The first kappa shape index (κ1) is 30.9. The van der Waals surface area contributed by atoms with Gasteiger partial charge in [-0.1, -0.05) is 59.1 Å². The summed E-state index contributed by atoms with van der Waals surface area (Å²) in [6, 6.07) is 26.5. The number of ether oxygens (including phenoxy) is 2. The topological polar surface area (TPSA) is 80.2 Å². The molecule has 1 heterocycles. The molecule has 44 heavy (non-hydrogen) atoms. The van der Waals surface area contributed by atoms with E-state index < -0.39 is 0 Å². The third-order valence-electron chi connectivity index (χ3n) is 6.64. The zero-order chi connectivity index (χ0) is 31.2. The van der Waals surface area contributed by atoms with Crippen LogP contribution in [0, 0.1) is 20.8 Å². The average molecular weight is 626 g/mol. The van der Waals surface area contributed by atoms with E-state index >= 15 is 0 Å². The summed E-state index contributed by atoms with van der Waals surface area (Å²) in [5, 5.41) is 3.62. The summed E-state index contributed by atoms with van der Waals surface area (Å²) in [4.78, 5) is 33.3. The molecule has 0 radical (unpaired) electrons. The predicted octanol–water partition coefficient (Wildman–Crippen LogP) is 8.49. The molecule has 1 fully saturated rings. The summed E-state index contributed by atoms with van der Waals surface area (Å²) in [6.07, 6.45) is 1.76. The number of aliphatic imine (C=N–C) groups is 1. The number of halogens is 1. The second-order valence-corrected chi connectivity index (χ2v) is 11.7. The molecule has 0 aromatic heterocycles. The van der Waals surface area contributed by atoms with Crippen molar-refractivity contribution in [2.75, 3.05) is 23.4 Å². The zero-order valence-corrected chi connectivity index (χ0v) is 26.5. The molecule has 1 N–H and O–H groups in total. The molecule has 0 saturated carbocycles. The number of amides is 2. The van der Waals surface area contributed by atoms with Crippen LogP contribution in [0.3, 0.4) is 0 Å². The lowest BCUT2D eigenvalue weighted by Crippen LogP contribution is -2.28. The highest BCUT2D eigenvalue weighted by molar-refractivity contribution is 8.19. The third kappa shape index (κ3) is 7.51. The molecule has 0 unspecified atom stereocenters. The molecule has 2 amide bonds. The van der Waals surface area contributed by atoms with Crippen molar-refractivity contribution in [3.8, 4) is 11.5 Å². The smallest absolute Gasteiger partial charge is 0.271 e. The van der Waals surface area contributed by atoms with E-state index in [-0.39, 0.29) is 29.2 Å². The zero-order valence-electron chi connectivity index (χ0n) is 24.9. The monoisotopic (exact) mass is 625 g/mol. The van der Waals surface area contributed by atoms with E-state index in [0.29, 0.717) is 33.7 Å². The summed E-state index contributed by atoms with van der Waals surface area (Å²) < 4.78 is 11.6. The van der Waals surface area contributed by atoms with Crippen LogP contribution in [0.25, 0.3) is 6.08 Å². The quantitative estimate of drug-likeness (QED) is 0.189. The Labute approximate surface area is 266 Å². The van der Waals surface area contributed by atoms with Gasteiger partial charge in [-0.05, 0) is 105 Å². The van der Waals surface area contributed by atoms with Gasteiger partial charge >= 0.3 is 0 Å². The number of benzene rings is 4. The van der Waals surface area contributed by atoms with E-state index in [4.69, 9.17) is 26.1 Å². The molecule has 1 aliphatic rings. The first-order chi connectivity index (χ1) is 21.2. The Hall–Kier alpha value is -4.53. The molecule has 9 heteroatoms. The number of thioether (sulfide) groups is 1. The number of amidine groups is 1. The van der Waals surface area contributed by atoms with Gasteiger partial charge in [0, 0.05) is 5.69 Å². The van der Waals surface area contributed by atoms with Crippen LogP contribution in [-0.2, 0) is 9.59 Å². The summed E-state index contributed by atoms with van der Waals surface area (Å²) in [7, 11) is 0. The molecule has 4 aromatic rings. The third-order valence-corrected chi connectivity index (χ3v) is 7.89. The van der Waals surface area contributed by atoms with Crippen molar-refractivity contribution in [2.24, 2.45) is 4.99 Å². The van der Waals surface area contributed by atoms with Gasteiger partial charge in [-0.2, -0.15) is 0 Å². The number of aryl methyl sites for hydroxylation is 3. The first-order valence-electron chi connectivity index (χ1n) is 14.1.